The van der Waals surface area contributed by atoms with E-state index in [4.69, 9.17) is 4.74 Å². The third kappa shape index (κ3) is 9.13. The Morgan fingerprint density at radius 3 is 2.39 bits per heavy atom. The number of hydrogen-bond acceptors (Lipinski definition) is 5. The molecule has 0 unspecified atom stereocenters. The average molecular weight is 583 g/mol. The monoisotopic (exact) mass is 581 g/mol. The van der Waals surface area contributed by atoms with Gasteiger partial charge in [-0.15, -0.1) is 0 Å². The number of rotatable bonds is 14. The van der Waals surface area contributed by atoms with Gasteiger partial charge in [0.15, 0.2) is 0 Å². The molecule has 0 aliphatic heterocycles. The van der Waals surface area contributed by atoms with Gasteiger partial charge in [0.2, 0.25) is 21.8 Å². The molecule has 2 amide bonds. The number of halogens is 1. The van der Waals surface area contributed by atoms with Gasteiger partial charge in [0.05, 0.1) is 19.1 Å². The Hall–Kier alpha value is -2.59. The van der Waals surface area contributed by atoms with Gasteiger partial charge in [-0.25, -0.2) is 8.42 Å². The van der Waals surface area contributed by atoms with Crippen molar-refractivity contribution in [3.63, 3.8) is 0 Å². The van der Waals surface area contributed by atoms with E-state index in [-0.39, 0.29) is 31.3 Å². The van der Waals surface area contributed by atoms with E-state index in [2.05, 4.69) is 21.2 Å². The van der Waals surface area contributed by atoms with Crippen LogP contribution in [0.25, 0.3) is 0 Å². The molecule has 0 heterocycles. The minimum absolute atomic E-state index is 0.1000. The third-order valence-electron chi connectivity index (χ3n) is 5.75. The standard InChI is InChI=1S/C26H36BrN3O5S/c1-5-6-16-28-26(32)20(2)29(19-21-9-7-10-22(27)18-21)25(31)11-8-17-30(36(4,33)34)23-12-14-24(35-3)15-13-23/h7,9-10,12-15,18,20H,5-6,8,11,16-17,19H2,1-4H3,(H,28,32)/t20-/m1/s1. The van der Waals surface area contributed by atoms with Crippen LogP contribution in [0.15, 0.2) is 53.0 Å². The molecule has 36 heavy (non-hydrogen) atoms. The predicted molar refractivity (Wildman–Crippen MR) is 146 cm³/mol. The molecule has 0 aliphatic carbocycles. The fraction of sp³-hybridized carbons (Fsp3) is 0.462. The van der Waals surface area contributed by atoms with Crippen LogP contribution >= 0.6 is 15.9 Å². The number of nitrogens with zero attached hydrogens (tertiary/aromatic N) is 2. The summed E-state index contributed by atoms with van der Waals surface area (Å²) in [7, 11) is -2.01. The Morgan fingerprint density at radius 1 is 1.11 bits per heavy atom. The number of nitrogens with one attached hydrogen (secondary N) is 1. The number of benzene rings is 2. The van der Waals surface area contributed by atoms with Crippen molar-refractivity contribution in [2.45, 2.75) is 52.1 Å². The maximum Gasteiger partial charge on any atom is 0.242 e. The number of hydrogen-bond donors (Lipinski definition) is 1. The molecule has 0 saturated heterocycles. The largest absolute Gasteiger partial charge is 0.497 e. The molecule has 0 radical (unpaired) electrons. The molecule has 0 aromatic heterocycles. The summed E-state index contributed by atoms with van der Waals surface area (Å²) in [6.45, 7) is 4.74. The van der Waals surface area contributed by atoms with Crippen LogP contribution in [0, 0.1) is 0 Å². The lowest BCUT2D eigenvalue weighted by molar-refractivity contribution is -0.140. The van der Waals surface area contributed by atoms with Gasteiger partial charge in [-0.05, 0) is 61.7 Å². The van der Waals surface area contributed by atoms with Crippen molar-refractivity contribution >= 4 is 43.5 Å². The zero-order valence-electron chi connectivity index (χ0n) is 21.4. The SMILES string of the molecule is CCCCNC(=O)[C@@H](C)N(Cc1cccc(Br)c1)C(=O)CCCN(c1ccc(OC)cc1)S(C)(=O)=O. The van der Waals surface area contributed by atoms with E-state index in [1.54, 1.807) is 43.2 Å². The fourth-order valence-electron chi connectivity index (χ4n) is 3.70. The van der Waals surface area contributed by atoms with Crippen molar-refractivity contribution in [3.8, 4) is 5.75 Å². The van der Waals surface area contributed by atoms with Gasteiger partial charge in [-0.2, -0.15) is 0 Å². The summed E-state index contributed by atoms with van der Waals surface area (Å²) in [4.78, 5) is 27.6. The van der Waals surface area contributed by atoms with E-state index in [1.165, 1.54) is 4.31 Å². The van der Waals surface area contributed by atoms with E-state index < -0.39 is 16.1 Å². The van der Waals surface area contributed by atoms with Crippen LogP contribution in [-0.4, -0.2) is 57.6 Å². The summed E-state index contributed by atoms with van der Waals surface area (Å²) < 4.78 is 32.2. The van der Waals surface area contributed by atoms with E-state index >= 15 is 0 Å². The Kier molecular flexibility index (Phi) is 11.7. The topological polar surface area (TPSA) is 96.0 Å². The van der Waals surface area contributed by atoms with Gasteiger partial charge in [-0.1, -0.05) is 41.4 Å². The lowest BCUT2D eigenvalue weighted by Crippen LogP contribution is -2.48. The fourth-order valence-corrected chi connectivity index (χ4v) is 5.12. The van der Waals surface area contributed by atoms with Crippen LogP contribution in [0.5, 0.6) is 5.75 Å². The first kappa shape index (κ1) is 29.6. The van der Waals surface area contributed by atoms with Crippen LogP contribution in [0.1, 0.15) is 45.1 Å². The molecule has 0 aliphatic rings. The van der Waals surface area contributed by atoms with Gasteiger partial charge in [0.25, 0.3) is 0 Å². The van der Waals surface area contributed by atoms with Crippen molar-refractivity contribution in [1.82, 2.24) is 10.2 Å². The molecule has 0 saturated carbocycles. The third-order valence-corrected chi connectivity index (χ3v) is 7.44. The number of ether oxygens (including phenoxy) is 1. The van der Waals surface area contributed by atoms with Crippen molar-refractivity contribution in [2.24, 2.45) is 0 Å². The number of unbranched alkanes of at least 4 members (excludes halogenated alkanes) is 1. The number of methoxy groups -OCH3 is 1. The summed E-state index contributed by atoms with van der Waals surface area (Å²) in [5.74, 6) is 0.205. The van der Waals surface area contributed by atoms with E-state index in [1.807, 2.05) is 31.2 Å². The van der Waals surface area contributed by atoms with Gasteiger partial charge >= 0.3 is 0 Å². The quantitative estimate of drug-likeness (QED) is 0.335. The van der Waals surface area contributed by atoms with Crippen LogP contribution in [0.4, 0.5) is 5.69 Å². The zero-order chi connectivity index (χ0) is 26.7. The maximum absolute atomic E-state index is 13.3. The molecule has 0 fully saturated rings. The highest BCUT2D eigenvalue weighted by Crippen LogP contribution is 2.22. The number of carbonyl (C=O) groups is 2. The van der Waals surface area contributed by atoms with Crippen molar-refractivity contribution in [3.05, 3.63) is 58.6 Å². The first-order valence-corrected chi connectivity index (χ1v) is 14.6. The zero-order valence-corrected chi connectivity index (χ0v) is 23.8. The Labute approximate surface area is 223 Å². The van der Waals surface area contributed by atoms with Crippen molar-refractivity contribution in [2.75, 3.05) is 30.8 Å². The predicted octanol–water partition coefficient (Wildman–Crippen LogP) is 4.34. The highest BCUT2D eigenvalue weighted by Gasteiger charge is 2.26. The molecule has 8 nitrogen and oxygen atoms in total. The summed E-state index contributed by atoms with van der Waals surface area (Å²) in [5, 5.41) is 2.90. The summed E-state index contributed by atoms with van der Waals surface area (Å²) in [6, 6.07) is 13.7. The lowest BCUT2D eigenvalue weighted by Gasteiger charge is -2.29. The molecule has 0 spiro atoms. The minimum Gasteiger partial charge on any atom is -0.497 e. The van der Waals surface area contributed by atoms with Crippen molar-refractivity contribution in [1.29, 1.82) is 0 Å². The minimum atomic E-state index is -3.55. The highest BCUT2D eigenvalue weighted by atomic mass is 79.9. The van der Waals surface area contributed by atoms with Crippen LogP contribution in [-0.2, 0) is 26.2 Å². The van der Waals surface area contributed by atoms with E-state index in [0.717, 1.165) is 29.1 Å². The van der Waals surface area contributed by atoms with Gasteiger partial charge in [0.1, 0.15) is 11.8 Å². The van der Waals surface area contributed by atoms with E-state index in [9.17, 15) is 18.0 Å². The first-order valence-electron chi connectivity index (χ1n) is 12.0. The molecule has 1 atom stereocenters. The summed E-state index contributed by atoms with van der Waals surface area (Å²) in [6.07, 6.45) is 3.37. The number of carbonyl (C=O) groups excluding carboxylic acids is 2. The molecule has 10 heteroatoms. The summed E-state index contributed by atoms with van der Waals surface area (Å²) in [5.41, 5.74) is 1.39. The lowest BCUT2D eigenvalue weighted by atomic mass is 10.1. The van der Waals surface area contributed by atoms with Crippen LogP contribution in [0.2, 0.25) is 0 Å². The van der Waals surface area contributed by atoms with Crippen molar-refractivity contribution < 1.29 is 22.7 Å². The molecule has 2 rings (SSSR count). The van der Waals surface area contributed by atoms with E-state index in [0.29, 0.717) is 24.4 Å². The number of amides is 2. The Bertz CT molecular complexity index is 1110. The Morgan fingerprint density at radius 2 is 1.81 bits per heavy atom. The molecule has 1 N–H and O–H groups in total. The molecule has 0 bridgehead atoms. The van der Waals surface area contributed by atoms with Gasteiger partial charge < -0.3 is 15.0 Å². The van der Waals surface area contributed by atoms with Crippen LogP contribution in [0.3, 0.4) is 0 Å². The molecule has 2 aromatic rings. The van der Waals surface area contributed by atoms with Gasteiger partial charge in [0, 0.05) is 30.5 Å². The highest BCUT2D eigenvalue weighted by molar-refractivity contribution is 9.10. The first-order chi connectivity index (χ1) is 17.1. The van der Waals surface area contributed by atoms with Gasteiger partial charge in [-0.3, -0.25) is 13.9 Å². The summed E-state index contributed by atoms with van der Waals surface area (Å²) >= 11 is 3.45. The molecule has 198 valence electrons. The van der Waals surface area contributed by atoms with Crippen LogP contribution < -0.4 is 14.4 Å². The average Bonchev–Trinajstić information content (AvgIpc) is 2.84. The maximum atomic E-state index is 13.3. The number of anilines is 1. The second kappa shape index (κ2) is 14.2. The number of sulfonamides is 1. The second-order valence-electron chi connectivity index (χ2n) is 8.61. The Balaban J connectivity index is 2.14. The second-order valence-corrected chi connectivity index (χ2v) is 11.4. The molecule has 2 aromatic carbocycles. The normalized spacial score (nSPS) is 12.0. The smallest absolute Gasteiger partial charge is 0.242 e. The molecular formula is C26H36BrN3O5S. The molecular weight excluding hydrogens is 546 g/mol.